The fraction of sp³-hybridized carbons (Fsp3) is 0.333. The third-order valence-corrected chi connectivity index (χ3v) is 6.63. The molecule has 0 heterocycles. The van der Waals surface area contributed by atoms with Crippen LogP contribution in [0.5, 0.6) is 17.2 Å². The third-order valence-electron chi connectivity index (χ3n) is 6.63. The number of benzene rings is 3. The molecule has 0 spiro atoms. The Balaban J connectivity index is 1.45. The van der Waals surface area contributed by atoms with Crippen LogP contribution in [0.2, 0.25) is 0 Å². The van der Waals surface area contributed by atoms with Crippen LogP contribution in [0.15, 0.2) is 71.9 Å². The highest BCUT2D eigenvalue weighted by molar-refractivity contribution is 5.81. The van der Waals surface area contributed by atoms with E-state index in [4.69, 9.17) is 24.2 Å². The van der Waals surface area contributed by atoms with Gasteiger partial charge in [0.25, 0.3) is 0 Å². The molecule has 194 valence electrons. The zero-order chi connectivity index (χ0) is 26.2. The number of oxime groups is 1. The van der Waals surface area contributed by atoms with E-state index in [0.717, 1.165) is 59.6 Å². The van der Waals surface area contributed by atoms with Gasteiger partial charge in [0.2, 0.25) is 0 Å². The number of hydrogen-bond acceptors (Lipinski definition) is 6. The molecule has 3 aromatic rings. The molecule has 7 heteroatoms. The summed E-state index contributed by atoms with van der Waals surface area (Å²) in [7, 11) is 3.29. The first-order valence-electron chi connectivity index (χ1n) is 12.4. The summed E-state index contributed by atoms with van der Waals surface area (Å²) in [5.41, 5.74) is 5.21. The predicted molar refractivity (Wildman–Crippen MR) is 142 cm³/mol. The lowest BCUT2D eigenvalue weighted by atomic mass is 9.81. The van der Waals surface area contributed by atoms with Crippen molar-refractivity contribution in [3.05, 3.63) is 89.0 Å². The zero-order valence-corrected chi connectivity index (χ0v) is 21.5. The van der Waals surface area contributed by atoms with E-state index in [1.165, 1.54) is 5.56 Å². The molecule has 1 aliphatic carbocycles. The van der Waals surface area contributed by atoms with Crippen molar-refractivity contribution in [3.63, 3.8) is 0 Å². The molecule has 0 aromatic heterocycles. The number of hydrogen-bond donors (Lipinski definition) is 1. The highest BCUT2D eigenvalue weighted by atomic mass is 16.6. The molecular weight excluding hydrogens is 470 g/mol. The first-order chi connectivity index (χ1) is 18.0. The van der Waals surface area contributed by atoms with Crippen LogP contribution in [-0.2, 0) is 22.5 Å². The van der Waals surface area contributed by atoms with E-state index in [1.54, 1.807) is 14.2 Å². The van der Waals surface area contributed by atoms with Gasteiger partial charge in [-0.3, -0.25) is 0 Å². The standard InChI is InChI=1S/C30H33NO6/c1-20(17-21-7-16-27-24(18-21)5-4-6-28(27)36-19-29(32)33)31-37-30(22-8-12-25(34-2)13-9-22)23-10-14-26(35-3)15-11-23/h4-6,8-15,21,30H,7,16-19H2,1-3H3,(H,32,33). The Bertz CT molecular complexity index is 1170. The summed E-state index contributed by atoms with van der Waals surface area (Å²) >= 11 is 0. The van der Waals surface area contributed by atoms with E-state index in [2.05, 4.69) is 11.2 Å². The number of rotatable bonds is 11. The third kappa shape index (κ3) is 6.82. The molecule has 1 aliphatic rings. The summed E-state index contributed by atoms with van der Waals surface area (Å²) in [6, 6.07) is 21.5. The van der Waals surface area contributed by atoms with E-state index in [0.29, 0.717) is 11.7 Å². The molecule has 3 aromatic carbocycles. The lowest BCUT2D eigenvalue weighted by molar-refractivity contribution is -0.139. The maximum absolute atomic E-state index is 10.9. The smallest absolute Gasteiger partial charge is 0.341 e. The van der Waals surface area contributed by atoms with Gasteiger partial charge >= 0.3 is 5.97 Å². The zero-order valence-electron chi connectivity index (χ0n) is 21.5. The van der Waals surface area contributed by atoms with Crippen LogP contribution in [-0.4, -0.2) is 37.6 Å². The molecule has 0 saturated carbocycles. The Labute approximate surface area is 217 Å². The van der Waals surface area contributed by atoms with Crippen molar-refractivity contribution < 1.29 is 28.9 Å². The van der Waals surface area contributed by atoms with Crippen LogP contribution >= 0.6 is 0 Å². The van der Waals surface area contributed by atoms with Crippen molar-refractivity contribution in [1.29, 1.82) is 0 Å². The average Bonchev–Trinajstić information content (AvgIpc) is 2.92. The SMILES string of the molecule is COc1ccc(C(ON=C(C)CC2CCc3c(cccc3OCC(=O)O)C2)c2ccc(OC)cc2)cc1. The number of carboxylic acid groups (broad SMARTS) is 1. The Hall–Kier alpha value is -4.00. The van der Waals surface area contributed by atoms with Gasteiger partial charge in [0, 0.05) is 0 Å². The van der Waals surface area contributed by atoms with Crippen molar-refractivity contribution in [2.75, 3.05) is 20.8 Å². The van der Waals surface area contributed by atoms with Gasteiger partial charge in [0.05, 0.1) is 19.9 Å². The molecule has 0 amide bonds. The van der Waals surface area contributed by atoms with Gasteiger partial charge in [0.1, 0.15) is 17.2 Å². The van der Waals surface area contributed by atoms with E-state index in [-0.39, 0.29) is 12.7 Å². The van der Waals surface area contributed by atoms with Crippen LogP contribution in [0.1, 0.15) is 48.1 Å². The molecular formula is C30H33NO6. The predicted octanol–water partition coefficient (Wildman–Crippen LogP) is 5.84. The number of carbonyl (C=O) groups is 1. The molecule has 0 fully saturated rings. The van der Waals surface area contributed by atoms with Crippen molar-refractivity contribution in [1.82, 2.24) is 0 Å². The molecule has 4 rings (SSSR count). The molecule has 0 aliphatic heterocycles. The summed E-state index contributed by atoms with van der Waals surface area (Å²) in [5, 5.41) is 13.5. The molecule has 0 saturated heterocycles. The highest BCUT2D eigenvalue weighted by Crippen LogP contribution is 2.34. The number of methoxy groups -OCH3 is 2. The van der Waals surface area contributed by atoms with Crippen LogP contribution in [0.4, 0.5) is 0 Å². The van der Waals surface area contributed by atoms with Gasteiger partial charge in [-0.15, -0.1) is 0 Å². The monoisotopic (exact) mass is 503 g/mol. The second-order valence-electron chi connectivity index (χ2n) is 9.25. The van der Waals surface area contributed by atoms with Gasteiger partial charge in [-0.2, -0.15) is 0 Å². The molecule has 1 N–H and O–H groups in total. The van der Waals surface area contributed by atoms with Gasteiger partial charge in [-0.25, -0.2) is 4.79 Å². The number of aliphatic carboxylic acids is 1. The minimum atomic E-state index is -0.972. The fourth-order valence-electron chi connectivity index (χ4n) is 4.77. The van der Waals surface area contributed by atoms with Crippen LogP contribution < -0.4 is 14.2 Å². The van der Waals surface area contributed by atoms with Crippen LogP contribution in [0.3, 0.4) is 0 Å². The molecule has 0 bridgehead atoms. The molecule has 0 radical (unpaired) electrons. The number of fused-ring (bicyclic) bond motifs is 1. The average molecular weight is 504 g/mol. The normalized spacial score (nSPS) is 15.1. The van der Waals surface area contributed by atoms with Crippen molar-refractivity contribution in [2.45, 2.75) is 38.7 Å². The second-order valence-corrected chi connectivity index (χ2v) is 9.25. The summed E-state index contributed by atoms with van der Waals surface area (Å²) in [5.74, 6) is 1.70. The van der Waals surface area contributed by atoms with E-state index in [1.807, 2.05) is 67.6 Å². The van der Waals surface area contributed by atoms with Crippen molar-refractivity contribution in [2.24, 2.45) is 11.1 Å². The Morgan fingerprint density at radius 3 is 2.16 bits per heavy atom. The molecule has 1 unspecified atom stereocenters. The summed E-state index contributed by atoms with van der Waals surface area (Å²) < 4.78 is 16.1. The summed E-state index contributed by atoms with van der Waals surface area (Å²) in [6.45, 7) is 1.67. The van der Waals surface area contributed by atoms with Crippen LogP contribution in [0.25, 0.3) is 0 Å². The number of ether oxygens (including phenoxy) is 3. The quantitative estimate of drug-likeness (QED) is 0.261. The van der Waals surface area contributed by atoms with Gasteiger partial charge in [0.15, 0.2) is 12.7 Å². The summed E-state index contributed by atoms with van der Waals surface area (Å²) in [6.07, 6.45) is 3.18. The topological polar surface area (TPSA) is 86.6 Å². The maximum Gasteiger partial charge on any atom is 0.341 e. The number of carboxylic acids is 1. The highest BCUT2D eigenvalue weighted by Gasteiger charge is 2.23. The first kappa shape index (κ1) is 26.1. The Morgan fingerprint density at radius 2 is 1.59 bits per heavy atom. The minimum absolute atomic E-state index is 0.327. The van der Waals surface area contributed by atoms with E-state index in [9.17, 15) is 4.79 Å². The first-order valence-corrected chi connectivity index (χ1v) is 12.4. The van der Waals surface area contributed by atoms with Crippen LogP contribution in [0, 0.1) is 5.92 Å². The van der Waals surface area contributed by atoms with E-state index >= 15 is 0 Å². The Morgan fingerprint density at radius 1 is 0.973 bits per heavy atom. The summed E-state index contributed by atoms with van der Waals surface area (Å²) in [4.78, 5) is 17.0. The van der Waals surface area contributed by atoms with Gasteiger partial charge in [-0.05, 0) is 91.1 Å². The van der Waals surface area contributed by atoms with Crippen molar-refractivity contribution in [3.8, 4) is 17.2 Å². The van der Waals surface area contributed by atoms with Gasteiger partial charge < -0.3 is 24.2 Å². The second kappa shape index (κ2) is 12.3. The Kier molecular flexibility index (Phi) is 8.67. The maximum atomic E-state index is 10.9. The number of nitrogens with zero attached hydrogens (tertiary/aromatic N) is 1. The molecule has 1 atom stereocenters. The van der Waals surface area contributed by atoms with E-state index < -0.39 is 5.97 Å². The van der Waals surface area contributed by atoms with Crippen molar-refractivity contribution >= 4 is 11.7 Å². The largest absolute Gasteiger partial charge is 0.497 e. The minimum Gasteiger partial charge on any atom is -0.497 e. The molecule has 7 nitrogen and oxygen atoms in total. The molecule has 37 heavy (non-hydrogen) atoms. The lowest BCUT2D eigenvalue weighted by Gasteiger charge is -2.26. The van der Waals surface area contributed by atoms with Gasteiger partial charge in [-0.1, -0.05) is 41.6 Å². The fourth-order valence-corrected chi connectivity index (χ4v) is 4.77. The lowest BCUT2D eigenvalue weighted by Crippen LogP contribution is -2.19.